The van der Waals surface area contributed by atoms with Crippen LogP contribution >= 0.6 is 0 Å². The second kappa shape index (κ2) is 11.9. The number of pyridine rings is 1. The second-order valence-electron chi connectivity index (χ2n) is 9.49. The highest BCUT2D eigenvalue weighted by molar-refractivity contribution is 5.79. The van der Waals surface area contributed by atoms with Crippen molar-refractivity contribution in [2.24, 2.45) is 0 Å². The lowest BCUT2D eigenvalue weighted by Gasteiger charge is -2.31. The van der Waals surface area contributed by atoms with Crippen LogP contribution in [0.2, 0.25) is 0 Å². The lowest BCUT2D eigenvalue weighted by atomic mass is 10.0. The van der Waals surface area contributed by atoms with Gasteiger partial charge in [0.25, 0.3) is 5.56 Å². The van der Waals surface area contributed by atoms with E-state index in [4.69, 9.17) is 4.74 Å². The molecule has 0 saturated carbocycles. The van der Waals surface area contributed by atoms with Crippen LogP contribution in [0, 0.1) is 6.92 Å². The zero-order valence-corrected chi connectivity index (χ0v) is 21.7. The van der Waals surface area contributed by atoms with Crippen molar-refractivity contribution in [3.63, 3.8) is 0 Å². The van der Waals surface area contributed by atoms with E-state index in [1.165, 1.54) is 5.56 Å². The number of benzene rings is 3. The molecule has 1 atom stereocenters. The summed E-state index contributed by atoms with van der Waals surface area (Å²) < 4.78 is 7.06. The van der Waals surface area contributed by atoms with Gasteiger partial charge in [0.2, 0.25) is 0 Å². The number of nitrogens with one attached hydrogen (secondary N) is 1. The predicted molar refractivity (Wildman–Crippen MR) is 148 cm³/mol. The molecule has 0 bridgehead atoms. The smallest absolute Gasteiger partial charge is 0.253 e. The van der Waals surface area contributed by atoms with Crippen LogP contribution < -0.4 is 5.56 Å². The number of hydrogen-bond acceptors (Lipinski definition) is 6. The van der Waals surface area contributed by atoms with Crippen LogP contribution in [0.3, 0.4) is 0 Å². The number of nitrogens with zero attached hydrogens (tertiary/aromatic N) is 5. The molecule has 5 aromatic rings. The summed E-state index contributed by atoms with van der Waals surface area (Å²) in [5.74, 6) is 0.614. The van der Waals surface area contributed by atoms with E-state index < -0.39 is 6.04 Å². The fourth-order valence-electron chi connectivity index (χ4n) is 4.82. The Morgan fingerprint density at radius 1 is 0.974 bits per heavy atom. The standard InChI is InChI=1S/C30H32N6O2/c1-22-13-14-27-25(19-22)20-26(30(37)31-27)28(29-32-33-34-36(29)17-18-38-2)35(21-24-11-7-4-8-12-24)16-15-23-9-5-3-6-10-23/h3-14,19-20,28H,15-18,21H2,1-2H3,(H,31,37). The molecule has 0 radical (unpaired) electrons. The van der Waals surface area contributed by atoms with E-state index in [2.05, 4.69) is 74.8 Å². The van der Waals surface area contributed by atoms with Gasteiger partial charge in [-0.3, -0.25) is 9.69 Å². The Hall–Kier alpha value is -4.14. The summed E-state index contributed by atoms with van der Waals surface area (Å²) in [7, 11) is 1.65. The molecule has 5 rings (SSSR count). The van der Waals surface area contributed by atoms with E-state index in [1.807, 2.05) is 42.5 Å². The van der Waals surface area contributed by atoms with Crippen molar-refractivity contribution in [1.82, 2.24) is 30.1 Å². The summed E-state index contributed by atoms with van der Waals surface area (Å²) in [6.45, 7) is 4.32. The Kier molecular flexibility index (Phi) is 8.01. The van der Waals surface area contributed by atoms with Gasteiger partial charge in [0.1, 0.15) is 6.04 Å². The highest BCUT2D eigenvalue weighted by Crippen LogP contribution is 2.29. The third-order valence-electron chi connectivity index (χ3n) is 6.76. The summed E-state index contributed by atoms with van der Waals surface area (Å²) in [4.78, 5) is 19.0. The molecule has 1 unspecified atom stereocenters. The van der Waals surface area contributed by atoms with Gasteiger partial charge in [0.05, 0.1) is 13.2 Å². The lowest BCUT2D eigenvalue weighted by Crippen LogP contribution is -2.36. The van der Waals surface area contributed by atoms with Gasteiger partial charge >= 0.3 is 0 Å². The molecule has 2 aromatic heterocycles. The fraction of sp³-hybridized carbons (Fsp3) is 0.267. The molecule has 1 N–H and O–H groups in total. The van der Waals surface area contributed by atoms with Gasteiger partial charge in [-0.15, -0.1) is 5.10 Å². The van der Waals surface area contributed by atoms with Gasteiger partial charge in [-0.25, -0.2) is 4.68 Å². The van der Waals surface area contributed by atoms with E-state index >= 15 is 0 Å². The van der Waals surface area contributed by atoms with E-state index in [0.717, 1.165) is 28.5 Å². The summed E-state index contributed by atoms with van der Waals surface area (Å²) in [6.07, 6.45) is 0.814. The van der Waals surface area contributed by atoms with Crippen LogP contribution in [0.1, 0.15) is 34.1 Å². The van der Waals surface area contributed by atoms with Crippen LogP contribution in [-0.2, 0) is 24.2 Å². The van der Waals surface area contributed by atoms with Crippen molar-refractivity contribution >= 4 is 10.9 Å². The van der Waals surface area contributed by atoms with Crippen LogP contribution in [0.5, 0.6) is 0 Å². The Morgan fingerprint density at radius 2 is 1.71 bits per heavy atom. The van der Waals surface area contributed by atoms with Crippen LogP contribution in [0.25, 0.3) is 10.9 Å². The number of aromatic nitrogens is 5. The normalized spacial score (nSPS) is 12.3. The molecule has 0 spiro atoms. The van der Waals surface area contributed by atoms with Gasteiger partial charge in [0.15, 0.2) is 5.82 Å². The minimum atomic E-state index is -0.473. The minimum Gasteiger partial charge on any atom is -0.383 e. The molecule has 0 saturated heterocycles. The zero-order valence-electron chi connectivity index (χ0n) is 21.7. The molecule has 0 aliphatic rings. The summed E-state index contributed by atoms with van der Waals surface area (Å²) in [5, 5.41) is 13.7. The second-order valence-corrected chi connectivity index (χ2v) is 9.49. The first-order valence-electron chi connectivity index (χ1n) is 12.8. The molecule has 38 heavy (non-hydrogen) atoms. The Morgan fingerprint density at radius 3 is 2.45 bits per heavy atom. The Labute approximate surface area is 221 Å². The molecule has 0 amide bonds. The van der Waals surface area contributed by atoms with E-state index in [-0.39, 0.29) is 5.56 Å². The Balaban J connectivity index is 1.64. The average Bonchev–Trinajstić information content (AvgIpc) is 3.40. The Bertz CT molecular complexity index is 1530. The highest BCUT2D eigenvalue weighted by Gasteiger charge is 2.30. The number of aromatic amines is 1. The number of H-pyrrole nitrogens is 1. The molecule has 3 aromatic carbocycles. The summed E-state index contributed by atoms with van der Waals surface area (Å²) in [6, 6.07) is 28.2. The van der Waals surface area contributed by atoms with Gasteiger partial charge in [0, 0.05) is 31.3 Å². The number of fused-ring (bicyclic) bond motifs is 1. The van der Waals surface area contributed by atoms with Gasteiger partial charge < -0.3 is 9.72 Å². The number of ether oxygens (including phenoxy) is 1. The quantitative estimate of drug-likeness (QED) is 0.286. The topological polar surface area (TPSA) is 88.9 Å². The van der Waals surface area contributed by atoms with E-state index in [1.54, 1.807) is 11.8 Å². The summed E-state index contributed by atoms with van der Waals surface area (Å²) in [5.41, 5.74) is 4.77. The third-order valence-corrected chi connectivity index (χ3v) is 6.76. The molecule has 2 heterocycles. The van der Waals surface area contributed by atoms with Crippen LogP contribution in [0.4, 0.5) is 0 Å². The molecular formula is C30H32N6O2. The minimum absolute atomic E-state index is 0.148. The third kappa shape index (κ3) is 5.88. The average molecular weight is 509 g/mol. The predicted octanol–water partition coefficient (Wildman–Crippen LogP) is 4.30. The number of aryl methyl sites for hydroxylation is 1. The fourth-order valence-corrected chi connectivity index (χ4v) is 4.82. The van der Waals surface area contributed by atoms with E-state index in [0.29, 0.717) is 37.6 Å². The maximum Gasteiger partial charge on any atom is 0.253 e. The highest BCUT2D eigenvalue weighted by atomic mass is 16.5. The van der Waals surface area contributed by atoms with Crippen LogP contribution in [0.15, 0.2) is 89.7 Å². The molecule has 0 aliphatic carbocycles. The van der Waals surface area contributed by atoms with Crippen molar-refractivity contribution in [3.05, 3.63) is 123 Å². The number of rotatable bonds is 11. The summed E-state index contributed by atoms with van der Waals surface area (Å²) >= 11 is 0. The largest absolute Gasteiger partial charge is 0.383 e. The molecule has 0 fully saturated rings. The number of methoxy groups -OCH3 is 1. The first-order valence-corrected chi connectivity index (χ1v) is 12.8. The molecular weight excluding hydrogens is 476 g/mol. The van der Waals surface area contributed by atoms with Gasteiger partial charge in [-0.05, 0) is 58.5 Å². The van der Waals surface area contributed by atoms with Gasteiger partial charge in [-0.1, -0.05) is 72.3 Å². The monoisotopic (exact) mass is 508 g/mol. The molecule has 8 heteroatoms. The van der Waals surface area contributed by atoms with Gasteiger partial charge in [-0.2, -0.15) is 0 Å². The number of hydrogen-bond donors (Lipinski definition) is 1. The molecule has 194 valence electrons. The molecule has 0 aliphatic heterocycles. The SMILES string of the molecule is COCCn1nnnc1C(c1cc2cc(C)ccc2[nH]c1=O)N(CCc1ccccc1)Cc1ccccc1. The van der Waals surface area contributed by atoms with Crippen molar-refractivity contribution in [2.45, 2.75) is 32.5 Å². The van der Waals surface area contributed by atoms with Crippen molar-refractivity contribution in [3.8, 4) is 0 Å². The number of tetrazole rings is 1. The van der Waals surface area contributed by atoms with Crippen molar-refractivity contribution in [2.75, 3.05) is 20.3 Å². The first kappa shape index (κ1) is 25.5. The lowest BCUT2D eigenvalue weighted by molar-refractivity contribution is 0.172. The first-order chi connectivity index (χ1) is 18.6. The maximum absolute atomic E-state index is 13.6. The van der Waals surface area contributed by atoms with Crippen molar-refractivity contribution < 1.29 is 4.74 Å². The molecule has 8 nitrogen and oxygen atoms in total. The van der Waals surface area contributed by atoms with Crippen molar-refractivity contribution in [1.29, 1.82) is 0 Å². The van der Waals surface area contributed by atoms with E-state index in [9.17, 15) is 4.79 Å². The zero-order chi connectivity index (χ0) is 26.3. The van der Waals surface area contributed by atoms with Crippen LogP contribution in [-0.4, -0.2) is 50.4 Å². The maximum atomic E-state index is 13.6.